The fraction of sp³-hybridized carbons (Fsp3) is 0.231. The monoisotopic (exact) mass is 440 g/mol. The number of carbonyl (C=O) groups excluding carboxylic acids is 2. The molecular weight excluding hydrogens is 416 g/mol. The minimum absolute atomic E-state index is 0.00265. The molecular formula is C26H24N4O3. The summed E-state index contributed by atoms with van der Waals surface area (Å²) in [5.41, 5.74) is 3.64. The van der Waals surface area contributed by atoms with Crippen LogP contribution < -0.4 is 4.90 Å². The molecule has 0 N–H and O–H groups in total. The summed E-state index contributed by atoms with van der Waals surface area (Å²) in [5.74, 6) is 0.861. The lowest BCUT2D eigenvalue weighted by Crippen LogP contribution is -2.30. The average molecular weight is 441 g/mol. The number of carbonyl (C=O) groups is 2. The van der Waals surface area contributed by atoms with Crippen LogP contribution in [-0.2, 0) is 11.3 Å². The van der Waals surface area contributed by atoms with Gasteiger partial charge in [0, 0.05) is 36.5 Å². The zero-order chi connectivity index (χ0) is 22.9. The first-order valence-corrected chi connectivity index (χ1v) is 11.0. The van der Waals surface area contributed by atoms with Gasteiger partial charge in [0.2, 0.25) is 17.6 Å². The van der Waals surface area contributed by atoms with E-state index in [0.29, 0.717) is 31.1 Å². The molecule has 2 amide bonds. The van der Waals surface area contributed by atoms with E-state index >= 15 is 0 Å². The smallest absolute Gasteiger partial charge is 0.258 e. The highest BCUT2D eigenvalue weighted by Crippen LogP contribution is 2.37. The maximum atomic E-state index is 12.9. The third-order valence-electron chi connectivity index (χ3n) is 5.96. The summed E-state index contributed by atoms with van der Waals surface area (Å²) in [7, 11) is 1.72. The van der Waals surface area contributed by atoms with Gasteiger partial charge < -0.3 is 14.3 Å². The van der Waals surface area contributed by atoms with Crippen molar-refractivity contribution in [2.24, 2.45) is 0 Å². The minimum Gasteiger partial charge on any atom is -0.337 e. The fourth-order valence-corrected chi connectivity index (χ4v) is 4.29. The highest BCUT2D eigenvalue weighted by atomic mass is 16.5. The molecule has 2 heterocycles. The first-order valence-electron chi connectivity index (χ1n) is 11.0. The summed E-state index contributed by atoms with van der Waals surface area (Å²) in [5, 5.41) is 6.08. The van der Waals surface area contributed by atoms with Gasteiger partial charge in [-0.3, -0.25) is 9.59 Å². The predicted octanol–water partition coefficient (Wildman–Crippen LogP) is 4.60. The lowest BCUT2D eigenvalue weighted by atomic mass is 10.1. The Bertz CT molecular complexity index is 1360. The summed E-state index contributed by atoms with van der Waals surface area (Å²) in [6.07, 6.45) is 0.892. The van der Waals surface area contributed by atoms with Crippen LogP contribution in [0, 0.1) is 6.92 Å². The van der Waals surface area contributed by atoms with Gasteiger partial charge in [0.05, 0.1) is 12.2 Å². The molecule has 0 radical (unpaired) electrons. The SMILES string of the molecule is Cc1cccc(-c2noc(CN(C)C(=O)CCCN3C(=O)c4cccc5cccc3c45)n2)c1. The molecule has 166 valence electrons. The largest absolute Gasteiger partial charge is 0.337 e. The molecule has 0 saturated heterocycles. The topological polar surface area (TPSA) is 79.5 Å². The van der Waals surface area contributed by atoms with Crippen molar-refractivity contribution < 1.29 is 14.1 Å². The first-order chi connectivity index (χ1) is 16.0. The molecule has 33 heavy (non-hydrogen) atoms. The van der Waals surface area contributed by atoms with Crippen molar-refractivity contribution in [2.45, 2.75) is 26.3 Å². The van der Waals surface area contributed by atoms with E-state index in [2.05, 4.69) is 10.1 Å². The second-order valence-corrected chi connectivity index (χ2v) is 8.37. The van der Waals surface area contributed by atoms with E-state index < -0.39 is 0 Å². The number of aryl methyl sites for hydroxylation is 1. The summed E-state index contributed by atoms with van der Waals surface area (Å²) in [6.45, 7) is 2.74. The minimum atomic E-state index is -0.0346. The number of rotatable bonds is 7. The second-order valence-electron chi connectivity index (χ2n) is 8.37. The molecule has 7 nitrogen and oxygen atoms in total. The molecule has 0 saturated carbocycles. The number of hydrogen-bond acceptors (Lipinski definition) is 5. The van der Waals surface area contributed by atoms with Crippen molar-refractivity contribution in [3.05, 3.63) is 77.7 Å². The van der Waals surface area contributed by atoms with Crippen molar-refractivity contribution in [1.82, 2.24) is 15.0 Å². The van der Waals surface area contributed by atoms with Crippen molar-refractivity contribution in [2.75, 3.05) is 18.5 Å². The Morgan fingerprint density at radius 3 is 2.70 bits per heavy atom. The number of anilines is 1. The maximum absolute atomic E-state index is 12.9. The van der Waals surface area contributed by atoms with Crippen LogP contribution in [0.3, 0.4) is 0 Å². The van der Waals surface area contributed by atoms with E-state index in [0.717, 1.165) is 33.2 Å². The number of hydrogen-bond donors (Lipinski definition) is 0. The van der Waals surface area contributed by atoms with Crippen molar-refractivity contribution in [3.63, 3.8) is 0 Å². The Morgan fingerprint density at radius 1 is 1.09 bits per heavy atom. The zero-order valence-electron chi connectivity index (χ0n) is 18.6. The van der Waals surface area contributed by atoms with Crippen molar-refractivity contribution in [1.29, 1.82) is 0 Å². The van der Waals surface area contributed by atoms with Crippen LogP contribution >= 0.6 is 0 Å². The Balaban J connectivity index is 1.18. The van der Waals surface area contributed by atoms with Crippen LogP contribution in [0.5, 0.6) is 0 Å². The summed E-state index contributed by atoms with van der Waals surface area (Å²) in [4.78, 5) is 33.3. The van der Waals surface area contributed by atoms with Crippen LogP contribution in [0.2, 0.25) is 0 Å². The highest BCUT2D eigenvalue weighted by Gasteiger charge is 2.29. The molecule has 1 aliphatic rings. The van der Waals surface area contributed by atoms with Gasteiger partial charge in [-0.2, -0.15) is 4.98 Å². The Hall–Kier alpha value is -4.00. The van der Waals surface area contributed by atoms with Crippen molar-refractivity contribution in [3.8, 4) is 11.4 Å². The van der Waals surface area contributed by atoms with Gasteiger partial charge in [-0.25, -0.2) is 0 Å². The highest BCUT2D eigenvalue weighted by molar-refractivity contribution is 6.25. The normalized spacial score (nSPS) is 12.5. The quantitative estimate of drug-likeness (QED) is 0.420. The molecule has 0 aliphatic carbocycles. The van der Waals surface area contributed by atoms with E-state index in [4.69, 9.17) is 4.52 Å². The molecule has 0 unspecified atom stereocenters. The van der Waals surface area contributed by atoms with Crippen LogP contribution in [0.1, 0.15) is 34.7 Å². The molecule has 5 rings (SSSR count). The van der Waals surface area contributed by atoms with E-state index in [1.165, 1.54) is 0 Å². The summed E-state index contributed by atoms with van der Waals surface area (Å²) >= 11 is 0. The molecule has 0 bridgehead atoms. The zero-order valence-corrected chi connectivity index (χ0v) is 18.6. The van der Waals surface area contributed by atoms with Gasteiger partial charge in [-0.1, -0.05) is 53.2 Å². The van der Waals surface area contributed by atoms with Crippen molar-refractivity contribution >= 4 is 28.3 Å². The van der Waals surface area contributed by atoms with Gasteiger partial charge in [0.15, 0.2) is 0 Å². The summed E-state index contributed by atoms with van der Waals surface area (Å²) in [6, 6.07) is 19.6. The first kappa shape index (κ1) is 20.9. The Labute approximate surface area is 191 Å². The Kier molecular flexibility index (Phi) is 5.38. The molecule has 0 fully saturated rings. The van der Waals surface area contributed by atoms with E-state index in [9.17, 15) is 9.59 Å². The molecule has 7 heteroatoms. The van der Waals surface area contributed by atoms with Crippen LogP contribution in [0.25, 0.3) is 22.2 Å². The second kappa shape index (κ2) is 8.50. The molecule has 0 atom stereocenters. The Morgan fingerprint density at radius 2 is 1.88 bits per heavy atom. The standard InChI is InChI=1S/C26H24N4O3/c1-17-7-3-10-19(15-17)25-27-22(33-28-25)16-29(2)23(31)13-6-14-30-21-12-5-9-18-8-4-11-20(24(18)21)26(30)32/h3-5,7-12,15H,6,13-14,16H2,1-2H3. The number of nitrogens with zero attached hydrogens (tertiary/aromatic N) is 4. The molecule has 1 aliphatic heterocycles. The molecule has 3 aromatic carbocycles. The van der Waals surface area contributed by atoms with E-state index in [1.807, 2.05) is 67.6 Å². The van der Waals surface area contributed by atoms with Gasteiger partial charge in [-0.05, 0) is 36.9 Å². The third kappa shape index (κ3) is 3.98. The number of aromatic nitrogens is 2. The molecule has 4 aromatic rings. The van der Waals surface area contributed by atoms with Gasteiger partial charge in [-0.15, -0.1) is 0 Å². The molecule has 1 aromatic heterocycles. The fourth-order valence-electron chi connectivity index (χ4n) is 4.29. The summed E-state index contributed by atoms with van der Waals surface area (Å²) < 4.78 is 5.34. The maximum Gasteiger partial charge on any atom is 0.258 e. The van der Waals surface area contributed by atoms with Gasteiger partial charge in [0.1, 0.15) is 0 Å². The van der Waals surface area contributed by atoms with Crippen LogP contribution in [-0.4, -0.2) is 40.4 Å². The lowest BCUT2D eigenvalue weighted by Gasteiger charge is -2.19. The van der Waals surface area contributed by atoms with Gasteiger partial charge in [0.25, 0.3) is 5.91 Å². The van der Waals surface area contributed by atoms with Crippen LogP contribution in [0.15, 0.2) is 65.2 Å². The van der Waals surface area contributed by atoms with E-state index in [1.54, 1.807) is 16.8 Å². The van der Waals surface area contributed by atoms with Crippen LogP contribution in [0.4, 0.5) is 5.69 Å². The lowest BCUT2D eigenvalue weighted by molar-refractivity contribution is -0.130. The van der Waals surface area contributed by atoms with E-state index in [-0.39, 0.29) is 18.4 Å². The third-order valence-corrected chi connectivity index (χ3v) is 5.96. The predicted molar refractivity (Wildman–Crippen MR) is 126 cm³/mol. The number of amides is 2. The molecule has 0 spiro atoms. The average Bonchev–Trinajstić information content (AvgIpc) is 3.39. The van der Waals surface area contributed by atoms with Gasteiger partial charge >= 0.3 is 0 Å². The number of benzene rings is 3.